The van der Waals surface area contributed by atoms with E-state index in [1.54, 1.807) is 59.4 Å². The molecule has 1 saturated heterocycles. The molecule has 57 heavy (non-hydrogen) atoms. The summed E-state index contributed by atoms with van der Waals surface area (Å²) in [5, 5.41) is 0. The molecule has 0 spiro atoms. The molecular formula is C43H64N2O12. The lowest BCUT2D eigenvalue weighted by Crippen LogP contribution is -2.43. The third kappa shape index (κ3) is 14.7. The van der Waals surface area contributed by atoms with Gasteiger partial charge in [0, 0.05) is 37.9 Å². The van der Waals surface area contributed by atoms with Crippen LogP contribution in [0, 0.1) is 29.1 Å². The molecule has 2 amide bonds. The molecular weight excluding hydrogens is 736 g/mol. The van der Waals surface area contributed by atoms with Gasteiger partial charge in [-0.3, -0.25) is 14.5 Å². The molecule has 14 nitrogen and oxygen atoms in total. The smallest absolute Gasteiger partial charge is 0.497 e. The summed E-state index contributed by atoms with van der Waals surface area (Å²) in [7, 11) is 4.82. The van der Waals surface area contributed by atoms with Gasteiger partial charge in [-0.05, 0) is 78.8 Å². The van der Waals surface area contributed by atoms with Gasteiger partial charge in [0.25, 0.3) is 0 Å². The highest BCUT2D eigenvalue weighted by Crippen LogP contribution is 2.36. The Morgan fingerprint density at radius 2 is 1.56 bits per heavy atom. The summed E-state index contributed by atoms with van der Waals surface area (Å²) in [6.45, 7) is 12.0. The zero-order valence-electron chi connectivity index (χ0n) is 35.2. The second-order valence-corrected chi connectivity index (χ2v) is 15.9. The summed E-state index contributed by atoms with van der Waals surface area (Å²) < 4.78 is 43.9. The van der Waals surface area contributed by atoms with Gasteiger partial charge in [0.2, 0.25) is 12.7 Å². The van der Waals surface area contributed by atoms with Crippen molar-refractivity contribution in [2.45, 2.75) is 98.8 Å². The number of benzene rings is 2. The van der Waals surface area contributed by atoms with Crippen LogP contribution < -0.4 is 19.9 Å². The van der Waals surface area contributed by atoms with Crippen LogP contribution in [0.5, 0.6) is 17.2 Å². The van der Waals surface area contributed by atoms with Gasteiger partial charge >= 0.3 is 12.2 Å². The molecule has 14 heteroatoms. The quantitative estimate of drug-likeness (QED) is 0.0638. The van der Waals surface area contributed by atoms with E-state index >= 15 is 0 Å². The number of carbonyl (C=O) groups is 4. The van der Waals surface area contributed by atoms with E-state index in [1.165, 1.54) is 4.90 Å². The summed E-state index contributed by atoms with van der Waals surface area (Å²) in [5.74, 6) is 1.34. The topological polar surface area (TPSA) is 171 Å². The van der Waals surface area contributed by atoms with Gasteiger partial charge in [0.15, 0.2) is 11.5 Å². The van der Waals surface area contributed by atoms with Gasteiger partial charge in [-0.25, -0.2) is 9.59 Å². The summed E-state index contributed by atoms with van der Waals surface area (Å²) in [6.07, 6.45) is 0.599. The fraction of sp³-hybridized carbons (Fsp3) is 0.628. The highest BCUT2D eigenvalue weighted by Gasteiger charge is 2.43. The van der Waals surface area contributed by atoms with Crippen molar-refractivity contribution in [1.82, 2.24) is 4.90 Å². The van der Waals surface area contributed by atoms with Crippen LogP contribution >= 0.6 is 0 Å². The second kappa shape index (κ2) is 23.0. The number of methoxy groups -OCH3 is 3. The summed E-state index contributed by atoms with van der Waals surface area (Å²) >= 11 is 0. The Hall–Kier alpha value is -4.56. The molecule has 1 heterocycles. The van der Waals surface area contributed by atoms with Crippen molar-refractivity contribution in [2.24, 2.45) is 34.8 Å². The van der Waals surface area contributed by atoms with Gasteiger partial charge in [-0.1, -0.05) is 59.7 Å². The molecule has 1 aliphatic heterocycles. The average Bonchev–Trinajstić information content (AvgIpc) is 3.58. The van der Waals surface area contributed by atoms with Gasteiger partial charge in [-0.2, -0.15) is 0 Å². The van der Waals surface area contributed by atoms with Gasteiger partial charge in [0.1, 0.15) is 24.9 Å². The first-order valence-electron chi connectivity index (χ1n) is 19.7. The van der Waals surface area contributed by atoms with Crippen LogP contribution in [0.15, 0.2) is 42.5 Å². The molecule has 2 aromatic rings. The highest BCUT2D eigenvalue weighted by molar-refractivity contribution is 5.84. The maximum Gasteiger partial charge on any atom is 0.511 e. The number of amides is 2. The van der Waals surface area contributed by atoms with Crippen LogP contribution in [-0.4, -0.2) is 89.1 Å². The highest BCUT2D eigenvalue weighted by atomic mass is 16.8. The Bertz CT molecular complexity index is 1580. The standard InChI is InChI=1S/C43H64N2O12/c1-28(2)32(21-31-13-16-37(52-9)39(22-31)53-20-10-19-50-7)23-35-38(24-34(29(3)4)36(46)17-18-43(5,6)40(44)47)55-26-45(35)41(48)56-27-57-42(49)54-25-30-11-14-33(51-8)15-12-30/h11-16,22,28-29,32,34-35,38H,10,17-21,23-27H2,1-9H3,(H2,44,47)/t32-,34-,35-,38-/m0/s1. The maximum atomic E-state index is 13.7. The summed E-state index contributed by atoms with van der Waals surface area (Å²) in [4.78, 5) is 53.2. The first kappa shape index (κ1) is 46.8. The van der Waals surface area contributed by atoms with Crippen molar-refractivity contribution in [3.8, 4) is 17.2 Å². The summed E-state index contributed by atoms with van der Waals surface area (Å²) in [6, 6.07) is 12.4. The predicted molar refractivity (Wildman–Crippen MR) is 213 cm³/mol. The van der Waals surface area contributed by atoms with Crippen molar-refractivity contribution in [3.63, 3.8) is 0 Å². The fourth-order valence-corrected chi connectivity index (χ4v) is 6.71. The number of rotatable bonds is 24. The van der Waals surface area contributed by atoms with Crippen LogP contribution in [0.2, 0.25) is 0 Å². The number of nitrogens with zero attached hydrogens (tertiary/aromatic N) is 1. The normalized spacial score (nSPS) is 16.6. The molecule has 1 fully saturated rings. The predicted octanol–water partition coefficient (Wildman–Crippen LogP) is 7.32. The number of primary amides is 1. The van der Waals surface area contributed by atoms with Crippen molar-refractivity contribution >= 4 is 23.9 Å². The molecule has 2 aromatic carbocycles. The number of carbonyl (C=O) groups excluding carboxylic acids is 4. The minimum atomic E-state index is -0.995. The number of Topliss-reactive ketones (excluding diaryl/α,β-unsaturated/α-hetero) is 1. The van der Waals surface area contributed by atoms with E-state index in [2.05, 4.69) is 13.8 Å². The van der Waals surface area contributed by atoms with Gasteiger partial charge in [0.05, 0.1) is 33.0 Å². The van der Waals surface area contributed by atoms with Crippen LogP contribution in [0.1, 0.15) is 84.8 Å². The molecule has 318 valence electrons. The Balaban J connectivity index is 1.78. The van der Waals surface area contributed by atoms with E-state index in [9.17, 15) is 19.2 Å². The fourth-order valence-electron chi connectivity index (χ4n) is 6.71. The molecule has 0 aliphatic carbocycles. The molecule has 4 atom stereocenters. The zero-order valence-corrected chi connectivity index (χ0v) is 35.2. The lowest BCUT2D eigenvalue weighted by molar-refractivity contribution is -0.129. The third-order valence-electron chi connectivity index (χ3n) is 10.7. The Morgan fingerprint density at radius 1 is 0.860 bits per heavy atom. The first-order valence-corrected chi connectivity index (χ1v) is 19.7. The molecule has 2 N–H and O–H groups in total. The molecule has 3 rings (SSSR count). The Kier molecular flexibility index (Phi) is 18.9. The Morgan fingerprint density at radius 3 is 2.18 bits per heavy atom. The van der Waals surface area contributed by atoms with Crippen molar-refractivity contribution in [3.05, 3.63) is 53.6 Å². The zero-order chi connectivity index (χ0) is 42.1. The van der Waals surface area contributed by atoms with E-state index in [0.717, 1.165) is 17.5 Å². The summed E-state index contributed by atoms with van der Waals surface area (Å²) in [5.41, 5.74) is 6.53. The van der Waals surface area contributed by atoms with E-state index in [-0.39, 0.29) is 43.3 Å². The van der Waals surface area contributed by atoms with Crippen LogP contribution in [-0.2, 0) is 46.3 Å². The molecule has 0 unspecified atom stereocenters. The van der Waals surface area contributed by atoms with E-state index in [0.29, 0.717) is 56.1 Å². The monoisotopic (exact) mass is 800 g/mol. The van der Waals surface area contributed by atoms with Crippen molar-refractivity contribution < 1.29 is 57.1 Å². The van der Waals surface area contributed by atoms with Crippen LogP contribution in [0.25, 0.3) is 0 Å². The maximum absolute atomic E-state index is 13.7. The first-order chi connectivity index (χ1) is 27.1. The number of ketones is 1. The minimum absolute atomic E-state index is 0.0147. The van der Waals surface area contributed by atoms with Crippen molar-refractivity contribution in [1.29, 1.82) is 0 Å². The van der Waals surface area contributed by atoms with E-state index < -0.39 is 48.4 Å². The molecule has 0 bridgehead atoms. The van der Waals surface area contributed by atoms with E-state index in [1.807, 2.05) is 32.0 Å². The number of nitrogens with two attached hydrogens (primary N) is 1. The number of ether oxygens (including phenoxy) is 8. The lowest BCUT2D eigenvalue weighted by atomic mass is 9.78. The molecule has 1 aliphatic rings. The van der Waals surface area contributed by atoms with Gasteiger partial charge < -0.3 is 43.6 Å². The molecule has 0 radical (unpaired) electrons. The minimum Gasteiger partial charge on any atom is -0.497 e. The van der Waals surface area contributed by atoms with Crippen LogP contribution in [0.4, 0.5) is 9.59 Å². The largest absolute Gasteiger partial charge is 0.511 e. The SMILES string of the molecule is COCCCOc1cc(C[C@@H](C[C@H]2[C@H](C[C@H](C(=O)CCC(C)(C)C(N)=O)C(C)C)OCN2C(=O)OCOC(=O)OCc2ccc(OC)cc2)C(C)C)ccc1OC. The molecule has 0 saturated carbocycles. The van der Waals surface area contributed by atoms with Crippen LogP contribution in [0.3, 0.4) is 0 Å². The number of hydrogen-bond acceptors (Lipinski definition) is 12. The lowest BCUT2D eigenvalue weighted by Gasteiger charge is -2.33. The molecule has 0 aromatic heterocycles. The second-order valence-electron chi connectivity index (χ2n) is 15.9. The van der Waals surface area contributed by atoms with Crippen molar-refractivity contribution in [2.75, 3.05) is 48.1 Å². The average molecular weight is 801 g/mol. The van der Waals surface area contributed by atoms with Gasteiger partial charge in [-0.15, -0.1) is 0 Å². The Labute approximate surface area is 337 Å². The third-order valence-corrected chi connectivity index (χ3v) is 10.7. The number of hydrogen-bond donors (Lipinski definition) is 1. The van der Waals surface area contributed by atoms with E-state index in [4.69, 9.17) is 43.6 Å².